The molecular formula is C34H52N2O3. The summed E-state index contributed by atoms with van der Waals surface area (Å²) in [6.45, 7) is 19.8. The number of hydrogen-bond donors (Lipinski definition) is 2. The van der Waals surface area contributed by atoms with Crippen molar-refractivity contribution in [3.8, 4) is 0 Å². The highest BCUT2D eigenvalue weighted by Gasteiger charge is 2.71. The Morgan fingerprint density at radius 2 is 1.72 bits per heavy atom. The lowest BCUT2D eigenvalue weighted by molar-refractivity contribution is -0.241. The van der Waals surface area contributed by atoms with E-state index in [4.69, 9.17) is 0 Å². The van der Waals surface area contributed by atoms with Gasteiger partial charge in [-0.1, -0.05) is 46.8 Å². The molecule has 10 atom stereocenters. The number of carboxylic acid groups (broad SMARTS) is 1. The maximum absolute atomic E-state index is 12.0. The van der Waals surface area contributed by atoms with Gasteiger partial charge in [0.2, 0.25) is 0 Å². The zero-order chi connectivity index (χ0) is 28.2. The normalized spacial score (nSPS) is 48.4. The molecule has 1 heterocycles. The van der Waals surface area contributed by atoms with E-state index in [2.05, 4.69) is 53.1 Å². The molecule has 5 nitrogen and oxygen atoms in total. The standard InChI is InChI=1S/C34H52N2O3/c1-21(2)22-10-15-34(20-37)17-16-32(6)23(27(22)34)8-9-26-31(5)13-11-24(28-35-18-19-36(28)29(38)39)30(3,4)25(31)12-14-33(26,32)7/h18-19,22-27,37H,1,8-17,20H2,2-7H3,(H,38,39)/t22-,23+,24+,25-,26+,27+,31-,32+,33+,34+/m0/s1. The van der Waals surface area contributed by atoms with E-state index < -0.39 is 6.09 Å². The van der Waals surface area contributed by atoms with Gasteiger partial charge in [0, 0.05) is 24.9 Å². The number of allylic oxidation sites excluding steroid dienone is 1. The molecular weight excluding hydrogens is 484 g/mol. The number of aromatic nitrogens is 2. The molecule has 39 heavy (non-hydrogen) atoms. The van der Waals surface area contributed by atoms with E-state index in [1.165, 1.54) is 61.5 Å². The lowest BCUT2D eigenvalue weighted by atomic mass is 9.32. The second kappa shape index (κ2) is 8.69. The van der Waals surface area contributed by atoms with Crippen LogP contribution in [0.1, 0.15) is 117 Å². The quantitative estimate of drug-likeness (QED) is 0.382. The largest absolute Gasteiger partial charge is 0.464 e. The fraction of sp³-hybridized carbons (Fsp3) is 0.824. The van der Waals surface area contributed by atoms with Crippen LogP contribution in [0.5, 0.6) is 0 Å². The Bertz CT molecular complexity index is 1170. The van der Waals surface area contributed by atoms with Crippen molar-refractivity contribution in [2.75, 3.05) is 6.61 Å². The summed E-state index contributed by atoms with van der Waals surface area (Å²) < 4.78 is 1.36. The van der Waals surface area contributed by atoms with Gasteiger partial charge in [0.05, 0.1) is 0 Å². The first-order valence-corrected chi connectivity index (χ1v) is 15.8. The van der Waals surface area contributed by atoms with Gasteiger partial charge in [0.25, 0.3) is 0 Å². The Morgan fingerprint density at radius 3 is 2.38 bits per heavy atom. The van der Waals surface area contributed by atoms with Crippen LogP contribution in [-0.4, -0.2) is 32.5 Å². The molecule has 5 fully saturated rings. The average molecular weight is 537 g/mol. The summed E-state index contributed by atoms with van der Waals surface area (Å²) in [5, 5.41) is 20.6. The third kappa shape index (κ3) is 3.40. The minimum Gasteiger partial charge on any atom is -0.464 e. The van der Waals surface area contributed by atoms with Gasteiger partial charge in [-0.2, -0.15) is 0 Å². The molecule has 5 saturated carbocycles. The summed E-state index contributed by atoms with van der Waals surface area (Å²) >= 11 is 0. The summed E-state index contributed by atoms with van der Waals surface area (Å²) in [7, 11) is 0. The van der Waals surface area contributed by atoms with Gasteiger partial charge in [-0.3, -0.25) is 0 Å². The third-order valence-corrected chi connectivity index (χ3v) is 14.8. The minimum absolute atomic E-state index is 0.0141. The predicted octanol–water partition coefficient (Wildman–Crippen LogP) is 8.14. The number of imidazole rings is 1. The van der Waals surface area contributed by atoms with Crippen LogP contribution in [0, 0.1) is 56.7 Å². The first-order chi connectivity index (χ1) is 18.3. The van der Waals surface area contributed by atoms with Crippen LogP contribution in [0.3, 0.4) is 0 Å². The number of fused-ring (bicyclic) bond motifs is 7. The van der Waals surface area contributed by atoms with Crippen molar-refractivity contribution in [2.45, 2.75) is 112 Å². The van der Waals surface area contributed by atoms with Crippen LogP contribution in [0.15, 0.2) is 24.5 Å². The zero-order valence-corrected chi connectivity index (χ0v) is 25.3. The number of hydrogen-bond acceptors (Lipinski definition) is 3. The molecule has 0 unspecified atom stereocenters. The SMILES string of the molecule is C=C(C)[C@@H]1CC[C@]2(CO)CC[C@]3(C)[C@H](CC[C@@H]4[C@@]5(C)CC[C@H](c6nccn6C(=O)O)C(C)(C)[C@@H]5CC[C@]43C)[C@@H]12. The zero-order valence-electron chi connectivity index (χ0n) is 25.3. The third-order valence-electron chi connectivity index (χ3n) is 14.8. The first kappa shape index (κ1) is 27.5. The Kier molecular flexibility index (Phi) is 6.14. The van der Waals surface area contributed by atoms with Crippen LogP contribution >= 0.6 is 0 Å². The van der Waals surface area contributed by atoms with Crippen molar-refractivity contribution in [1.29, 1.82) is 0 Å². The second-order valence-corrected chi connectivity index (χ2v) is 16.1. The highest BCUT2D eigenvalue weighted by molar-refractivity contribution is 5.68. The van der Waals surface area contributed by atoms with Crippen molar-refractivity contribution in [2.24, 2.45) is 56.7 Å². The van der Waals surface area contributed by atoms with Gasteiger partial charge in [-0.15, -0.1) is 0 Å². The molecule has 5 aliphatic rings. The van der Waals surface area contributed by atoms with Crippen molar-refractivity contribution < 1.29 is 15.0 Å². The Balaban J connectivity index is 1.35. The number of carbonyl (C=O) groups is 1. The summed E-state index contributed by atoms with van der Waals surface area (Å²) in [6.07, 6.45) is 14.3. The summed E-state index contributed by atoms with van der Waals surface area (Å²) in [6, 6.07) is 0. The predicted molar refractivity (Wildman–Crippen MR) is 154 cm³/mol. The minimum atomic E-state index is -0.926. The van der Waals surface area contributed by atoms with Crippen molar-refractivity contribution in [3.05, 3.63) is 30.4 Å². The number of nitrogens with zero attached hydrogens (tertiary/aromatic N) is 2. The van der Waals surface area contributed by atoms with Crippen LogP contribution in [0.2, 0.25) is 0 Å². The molecule has 0 bridgehead atoms. The second-order valence-electron chi connectivity index (χ2n) is 16.1. The van der Waals surface area contributed by atoms with E-state index in [9.17, 15) is 15.0 Å². The molecule has 6 rings (SSSR count). The molecule has 0 radical (unpaired) electrons. The van der Waals surface area contributed by atoms with Crippen LogP contribution in [-0.2, 0) is 0 Å². The molecule has 0 aromatic carbocycles. The molecule has 0 saturated heterocycles. The summed E-state index contributed by atoms with van der Waals surface area (Å²) in [5.74, 6) is 3.92. The monoisotopic (exact) mass is 536 g/mol. The molecule has 5 aliphatic carbocycles. The fourth-order valence-electron chi connectivity index (χ4n) is 12.8. The average Bonchev–Trinajstić information content (AvgIpc) is 3.50. The topological polar surface area (TPSA) is 75.4 Å². The van der Waals surface area contributed by atoms with Crippen molar-refractivity contribution >= 4 is 6.09 Å². The van der Waals surface area contributed by atoms with E-state index in [0.717, 1.165) is 18.7 Å². The van der Waals surface area contributed by atoms with Gasteiger partial charge in [0.15, 0.2) is 0 Å². The van der Waals surface area contributed by atoms with E-state index in [1.807, 2.05) is 0 Å². The van der Waals surface area contributed by atoms with Crippen molar-refractivity contribution in [3.63, 3.8) is 0 Å². The van der Waals surface area contributed by atoms with E-state index >= 15 is 0 Å². The molecule has 0 amide bonds. The smallest absolute Gasteiger partial charge is 0.417 e. The number of aliphatic hydroxyl groups is 1. The van der Waals surface area contributed by atoms with Gasteiger partial charge >= 0.3 is 6.09 Å². The van der Waals surface area contributed by atoms with Gasteiger partial charge in [-0.25, -0.2) is 14.3 Å². The number of rotatable bonds is 3. The van der Waals surface area contributed by atoms with Gasteiger partial charge in [-0.05, 0) is 128 Å². The molecule has 1 aromatic rings. The maximum atomic E-state index is 12.0. The van der Waals surface area contributed by atoms with E-state index in [1.54, 1.807) is 12.4 Å². The van der Waals surface area contributed by atoms with E-state index in [-0.39, 0.29) is 33.0 Å². The van der Waals surface area contributed by atoms with Gasteiger partial charge < -0.3 is 10.2 Å². The first-order valence-electron chi connectivity index (χ1n) is 15.8. The van der Waals surface area contributed by atoms with Crippen LogP contribution < -0.4 is 0 Å². The Morgan fingerprint density at radius 1 is 0.974 bits per heavy atom. The highest BCUT2D eigenvalue weighted by Crippen LogP contribution is 2.78. The molecule has 0 aliphatic heterocycles. The fourth-order valence-corrected chi connectivity index (χ4v) is 12.8. The Labute approximate surface area is 235 Å². The molecule has 216 valence electrons. The molecule has 0 spiro atoms. The Hall–Kier alpha value is -1.62. The summed E-state index contributed by atoms with van der Waals surface area (Å²) in [5.41, 5.74) is 2.24. The lowest BCUT2D eigenvalue weighted by Crippen LogP contribution is -2.66. The molecule has 1 aromatic heterocycles. The summed E-state index contributed by atoms with van der Waals surface area (Å²) in [4.78, 5) is 16.6. The molecule has 2 N–H and O–H groups in total. The van der Waals surface area contributed by atoms with Gasteiger partial charge in [0.1, 0.15) is 5.82 Å². The van der Waals surface area contributed by atoms with Crippen LogP contribution in [0.4, 0.5) is 4.79 Å². The highest BCUT2D eigenvalue weighted by atomic mass is 16.4. The van der Waals surface area contributed by atoms with E-state index in [0.29, 0.717) is 36.2 Å². The van der Waals surface area contributed by atoms with Crippen molar-refractivity contribution in [1.82, 2.24) is 9.55 Å². The lowest BCUT2D eigenvalue weighted by Gasteiger charge is -2.73. The number of aliphatic hydroxyl groups excluding tert-OH is 1. The van der Waals surface area contributed by atoms with Crippen LogP contribution in [0.25, 0.3) is 0 Å². The molecule has 5 heteroatoms. The maximum Gasteiger partial charge on any atom is 0.417 e.